The molecule has 3 aromatic rings. The molecule has 0 aliphatic carbocycles. The molecule has 4 rings (SSSR count). The zero-order valence-electron chi connectivity index (χ0n) is 19.3. The van der Waals surface area contributed by atoms with E-state index < -0.39 is 21.4 Å². The van der Waals surface area contributed by atoms with Gasteiger partial charge in [-0.05, 0) is 31.0 Å². The van der Waals surface area contributed by atoms with Gasteiger partial charge in [-0.1, -0.05) is 42.5 Å². The second-order valence-corrected chi connectivity index (χ2v) is 10.4. The van der Waals surface area contributed by atoms with Crippen LogP contribution in [-0.4, -0.2) is 48.0 Å². The molecule has 1 aromatic heterocycles. The maximum Gasteiger partial charge on any atom is 0.254 e. The molecule has 1 saturated heterocycles. The smallest absolute Gasteiger partial charge is 0.254 e. The van der Waals surface area contributed by atoms with Crippen molar-refractivity contribution in [1.82, 2.24) is 14.5 Å². The summed E-state index contributed by atoms with van der Waals surface area (Å²) in [4.78, 5) is 19.0. The number of carbonyl (C=O) groups is 1. The fraction of sp³-hybridized carbons (Fsp3) is 0.308. The minimum Gasteiger partial charge on any atom is -0.376 e. The third kappa shape index (κ3) is 5.86. The van der Waals surface area contributed by atoms with Crippen molar-refractivity contribution in [1.29, 1.82) is 0 Å². The van der Waals surface area contributed by atoms with Crippen LogP contribution < -0.4 is 0 Å². The van der Waals surface area contributed by atoms with E-state index in [2.05, 4.69) is 11.6 Å². The number of hydrogen-bond acceptors (Lipinski definition) is 5. The van der Waals surface area contributed by atoms with E-state index in [9.17, 15) is 17.6 Å². The highest BCUT2D eigenvalue weighted by molar-refractivity contribution is 7.90. The van der Waals surface area contributed by atoms with E-state index in [0.29, 0.717) is 17.9 Å². The molecule has 1 atom stereocenters. The molecule has 184 valence electrons. The Hall–Kier alpha value is -3.30. The first-order chi connectivity index (χ1) is 16.9. The lowest BCUT2D eigenvalue weighted by molar-refractivity contribution is 0.0751. The van der Waals surface area contributed by atoms with Crippen molar-refractivity contribution in [3.05, 3.63) is 96.1 Å². The van der Waals surface area contributed by atoms with Crippen molar-refractivity contribution in [3.63, 3.8) is 0 Å². The van der Waals surface area contributed by atoms with Gasteiger partial charge in [0.05, 0.1) is 36.8 Å². The summed E-state index contributed by atoms with van der Waals surface area (Å²) in [6, 6.07) is 14.7. The molecule has 1 amide bonds. The van der Waals surface area contributed by atoms with Gasteiger partial charge >= 0.3 is 0 Å². The fourth-order valence-electron chi connectivity index (χ4n) is 4.17. The Balaban J connectivity index is 1.68. The number of carbonyl (C=O) groups excluding carboxylic acids is 1. The maximum absolute atomic E-state index is 14.2. The molecule has 0 radical (unpaired) electrons. The molecular weight excluding hydrogens is 469 g/mol. The van der Waals surface area contributed by atoms with Crippen LogP contribution in [0.25, 0.3) is 0 Å². The Morgan fingerprint density at radius 3 is 2.63 bits per heavy atom. The van der Waals surface area contributed by atoms with Crippen molar-refractivity contribution >= 4 is 15.7 Å². The van der Waals surface area contributed by atoms with Crippen LogP contribution in [0.3, 0.4) is 0 Å². The van der Waals surface area contributed by atoms with Crippen molar-refractivity contribution in [3.8, 4) is 0 Å². The Morgan fingerprint density at radius 2 is 1.94 bits per heavy atom. The normalized spacial score (nSPS) is 15.7. The van der Waals surface area contributed by atoms with E-state index in [1.54, 1.807) is 45.9 Å². The first kappa shape index (κ1) is 24.8. The van der Waals surface area contributed by atoms with Gasteiger partial charge in [-0.15, -0.1) is 6.58 Å². The Morgan fingerprint density at radius 1 is 1.20 bits per heavy atom. The standard InChI is InChI=1S/C26H28FN3O4S/c1-2-14-29(25(31)20-9-4-3-5-10-20)17-22-16-28-26(30(22)18-23-12-8-15-34-23)35(32,33)19-21-11-6-7-13-24(21)27/h2-7,9-11,13,16,23H,1,8,12,14-15,17-19H2. The lowest BCUT2D eigenvalue weighted by atomic mass is 10.2. The van der Waals surface area contributed by atoms with E-state index in [-0.39, 0.29) is 42.4 Å². The summed E-state index contributed by atoms with van der Waals surface area (Å²) in [5.74, 6) is -1.30. The molecule has 7 nitrogen and oxygen atoms in total. The summed E-state index contributed by atoms with van der Waals surface area (Å²) in [6.45, 7) is 5.06. The topological polar surface area (TPSA) is 81.5 Å². The highest BCUT2D eigenvalue weighted by Crippen LogP contribution is 2.23. The van der Waals surface area contributed by atoms with Crippen LogP contribution in [0.2, 0.25) is 0 Å². The summed E-state index contributed by atoms with van der Waals surface area (Å²) in [5, 5.41) is -0.156. The molecule has 1 unspecified atom stereocenters. The second kappa shape index (κ2) is 11.0. The van der Waals surface area contributed by atoms with Crippen molar-refractivity contribution in [2.24, 2.45) is 0 Å². The largest absolute Gasteiger partial charge is 0.376 e. The number of aromatic nitrogens is 2. The van der Waals surface area contributed by atoms with Crippen LogP contribution in [0.5, 0.6) is 0 Å². The van der Waals surface area contributed by atoms with Gasteiger partial charge in [0.25, 0.3) is 5.91 Å². The van der Waals surface area contributed by atoms with Gasteiger partial charge in [0, 0.05) is 24.3 Å². The molecule has 35 heavy (non-hydrogen) atoms. The van der Waals surface area contributed by atoms with E-state index in [4.69, 9.17) is 4.74 Å². The van der Waals surface area contributed by atoms with E-state index in [0.717, 1.165) is 12.8 Å². The summed E-state index contributed by atoms with van der Waals surface area (Å²) >= 11 is 0. The van der Waals surface area contributed by atoms with Gasteiger partial charge < -0.3 is 14.2 Å². The van der Waals surface area contributed by atoms with Gasteiger partial charge in [0.2, 0.25) is 15.0 Å². The summed E-state index contributed by atoms with van der Waals surface area (Å²) in [5.41, 5.74) is 1.15. The molecule has 0 bridgehead atoms. The first-order valence-electron chi connectivity index (χ1n) is 11.5. The Kier molecular flexibility index (Phi) is 7.77. The zero-order valence-corrected chi connectivity index (χ0v) is 20.2. The highest BCUT2D eigenvalue weighted by Gasteiger charge is 2.29. The number of benzene rings is 2. The van der Waals surface area contributed by atoms with Crippen LogP contribution >= 0.6 is 0 Å². The Bertz CT molecular complexity index is 1280. The summed E-state index contributed by atoms with van der Waals surface area (Å²) < 4.78 is 48.2. The number of halogens is 1. The van der Waals surface area contributed by atoms with Crippen molar-refractivity contribution < 1.29 is 22.3 Å². The zero-order chi connectivity index (χ0) is 24.8. The molecule has 0 saturated carbocycles. The number of amides is 1. The predicted molar refractivity (Wildman–Crippen MR) is 130 cm³/mol. The molecule has 1 fully saturated rings. The van der Waals surface area contributed by atoms with Crippen LogP contribution in [-0.2, 0) is 33.4 Å². The third-order valence-corrected chi connectivity index (χ3v) is 7.48. The van der Waals surface area contributed by atoms with Crippen LogP contribution in [0, 0.1) is 5.82 Å². The number of nitrogens with zero attached hydrogens (tertiary/aromatic N) is 3. The van der Waals surface area contributed by atoms with Crippen LogP contribution in [0.1, 0.15) is 34.5 Å². The fourth-order valence-corrected chi connectivity index (χ4v) is 5.69. The van der Waals surface area contributed by atoms with Gasteiger partial charge in [-0.25, -0.2) is 17.8 Å². The van der Waals surface area contributed by atoms with Gasteiger partial charge in [-0.3, -0.25) is 4.79 Å². The molecule has 2 heterocycles. The maximum atomic E-state index is 14.2. The third-order valence-electron chi connectivity index (χ3n) is 5.90. The second-order valence-electron chi connectivity index (χ2n) is 8.47. The van der Waals surface area contributed by atoms with Gasteiger partial charge in [0.15, 0.2) is 0 Å². The SMILES string of the molecule is C=CCN(Cc1cnc(S(=O)(=O)Cc2ccccc2F)n1CC1CCCO1)C(=O)c1ccccc1. The lowest BCUT2D eigenvalue weighted by Crippen LogP contribution is -2.32. The molecule has 9 heteroatoms. The number of ether oxygens (including phenoxy) is 1. The minimum atomic E-state index is -3.98. The lowest BCUT2D eigenvalue weighted by Gasteiger charge is -2.23. The van der Waals surface area contributed by atoms with Crippen molar-refractivity contribution in [2.75, 3.05) is 13.2 Å². The molecule has 0 spiro atoms. The number of sulfone groups is 1. The number of hydrogen-bond donors (Lipinski definition) is 0. The monoisotopic (exact) mass is 497 g/mol. The first-order valence-corrected chi connectivity index (χ1v) is 13.1. The number of imidazole rings is 1. The number of rotatable bonds is 10. The predicted octanol–water partition coefficient (Wildman–Crippen LogP) is 4.00. The average Bonchev–Trinajstić information content (AvgIpc) is 3.51. The molecule has 2 aromatic carbocycles. The van der Waals surface area contributed by atoms with E-state index >= 15 is 0 Å². The Labute approximate surface area is 204 Å². The molecule has 1 aliphatic heterocycles. The molecule has 0 N–H and O–H groups in total. The van der Waals surface area contributed by atoms with E-state index in [1.165, 1.54) is 24.4 Å². The van der Waals surface area contributed by atoms with Crippen molar-refractivity contribution in [2.45, 2.75) is 42.9 Å². The molecule has 1 aliphatic rings. The quantitative estimate of drug-likeness (QED) is 0.396. The summed E-state index contributed by atoms with van der Waals surface area (Å²) in [7, 11) is -3.98. The summed E-state index contributed by atoms with van der Waals surface area (Å²) in [6.07, 6.45) is 4.61. The highest BCUT2D eigenvalue weighted by atomic mass is 32.2. The van der Waals surface area contributed by atoms with Gasteiger partial charge in [-0.2, -0.15) is 0 Å². The van der Waals surface area contributed by atoms with E-state index in [1.807, 2.05) is 6.07 Å². The minimum absolute atomic E-state index is 0.0771. The van der Waals surface area contributed by atoms with Crippen LogP contribution in [0.15, 0.2) is 78.6 Å². The molecular formula is C26H28FN3O4S. The van der Waals surface area contributed by atoms with Gasteiger partial charge in [0.1, 0.15) is 5.82 Å². The average molecular weight is 498 g/mol. The van der Waals surface area contributed by atoms with Crippen LogP contribution in [0.4, 0.5) is 4.39 Å².